The zero-order valence-corrected chi connectivity index (χ0v) is 60.7. The molecule has 0 spiro atoms. The van der Waals surface area contributed by atoms with E-state index in [1.54, 1.807) is 46.0 Å². The Morgan fingerprint density at radius 3 is 1.19 bits per heavy atom. The molecule has 20 nitrogen and oxygen atoms in total. The maximum atomic E-state index is 11.7. The van der Waals surface area contributed by atoms with Crippen LogP contribution in [0, 0.1) is 0 Å². The number of hydrogen-bond acceptors (Lipinski definition) is 17. The summed E-state index contributed by atoms with van der Waals surface area (Å²) in [6.07, 6.45) is 7.21. The summed E-state index contributed by atoms with van der Waals surface area (Å²) in [6.45, 7) is 9.74. The SMILES string of the molecule is CCO.CCOC(=O)/C(=C/c1ccc(Cc2ccc(Cl)cc2)s1)N=[N+]=[N-].CCOC(=O)/C(=C/c1ccc(Cc2ccc(Cl)cc2)s1)N=[N+]=[N-].CCOC(=O)CN=[N+]=[N-].CCOC(=O)c1cc2sc(Cc3ccc(Cl)cc3)cc2[nH]1.O=Cc1ccc(Cc2ccc(Cl)cc2)s1.[H-].[Na+]. The van der Waals surface area contributed by atoms with E-state index < -0.39 is 17.9 Å². The number of aldehydes is 1. The first-order valence-electron chi connectivity index (χ1n) is 28.5. The summed E-state index contributed by atoms with van der Waals surface area (Å²) < 4.78 is 20.2. The molecular weight excluding hydrogens is 1390 g/mol. The molecule has 5 aromatic heterocycles. The molecule has 9 aromatic rings. The normalized spacial score (nSPS) is 10.3. The number of ether oxygens (including phenoxy) is 4. The summed E-state index contributed by atoms with van der Waals surface area (Å²) in [4.78, 5) is 73.8. The van der Waals surface area contributed by atoms with Gasteiger partial charge in [-0.2, -0.15) is 0 Å². The van der Waals surface area contributed by atoms with Crippen molar-refractivity contribution >= 4 is 144 Å². The predicted molar refractivity (Wildman–Crippen MR) is 380 cm³/mol. The average molecular weight is 1450 g/mol. The third-order valence-electron chi connectivity index (χ3n) is 11.6. The van der Waals surface area contributed by atoms with Crippen molar-refractivity contribution in [3.05, 3.63) is 270 Å². The first-order chi connectivity index (χ1) is 45.4. The number of carbonyl (C=O) groups is 5. The van der Waals surface area contributed by atoms with Gasteiger partial charge >= 0.3 is 53.4 Å². The molecular formula is C66H65Cl4N10NaO10S4. The fraction of sp³-hybridized carbons (Fsp3) is 0.227. The molecule has 2 N–H and O–H groups in total. The molecule has 0 aliphatic rings. The van der Waals surface area contributed by atoms with E-state index in [1.165, 1.54) is 67.0 Å². The Hall–Kier alpha value is -7.70. The van der Waals surface area contributed by atoms with Crippen molar-refractivity contribution in [1.29, 1.82) is 0 Å². The number of halogens is 4. The summed E-state index contributed by atoms with van der Waals surface area (Å²) in [6, 6.07) is 46.4. The molecule has 95 heavy (non-hydrogen) atoms. The van der Waals surface area contributed by atoms with Crippen molar-refractivity contribution in [2.45, 2.75) is 60.3 Å². The van der Waals surface area contributed by atoms with Crippen LogP contribution in [0.2, 0.25) is 20.1 Å². The van der Waals surface area contributed by atoms with Gasteiger partial charge in [0.05, 0.1) is 41.5 Å². The third-order valence-corrected chi connectivity index (χ3v) is 16.7. The maximum Gasteiger partial charge on any atom is 1.00 e. The molecule has 0 radical (unpaired) electrons. The minimum atomic E-state index is -0.627. The van der Waals surface area contributed by atoms with Crippen LogP contribution in [0.25, 0.3) is 53.7 Å². The predicted octanol–water partition coefficient (Wildman–Crippen LogP) is 16.8. The quantitative estimate of drug-likeness (QED) is 0.00944. The van der Waals surface area contributed by atoms with Crippen LogP contribution >= 0.6 is 91.8 Å². The van der Waals surface area contributed by atoms with Gasteiger partial charge in [-0.25, -0.2) is 14.4 Å². The van der Waals surface area contributed by atoms with Crippen LogP contribution < -0.4 is 29.6 Å². The summed E-state index contributed by atoms with van der Waals surface area (Å²) >= 11 is 29.7. The number of aliphatic hydroxyl groups excluding tert-OH is 1. The van der Waals surface area contributed by atoms with Gasteiger partial charge in [-0.15, -0.1) is 45.3 Å². The second-order valence-corrected chi connectivity index (χ2v) is 25.0. The second-order valence-electron chi connectivity index (χ2n) is 18.5. The molecule has 0 amide bonds. The number of rotatable bonds is 22. The number of fused-ring (bicyclic) bond motifs is 1. The van der Waals surface area contributed by atoms with Crippen LogP contribution in [-0.2, 0) is 59.0 Å². The van der Waals surface area contributed by atoms with E-state index in [-0.39, 0.29) is 74.7 Å². The molecule has 0 bridgehead atoms. The summed E-state index contributed by atoms with van der Waals surface area (Å²) in [5, 5.41) is 20.3. The first-order valence-corrected chi connectivity index (χ1v) is 33.3. The Labute approximate surface area is 608 Å². The monoisotopic (exact) mass is 1450 g/mol. The fourth-order valence-electron chi connectivity index (χ4n) is 7.61. The van der Waals surface area contributed by atoms with Gasteiger partial charge in [-0.3, -0.25) is 9.59 Å². The maximum absolute atomic E-state index is 11.7. The zero-order chi connectivity index (χ0) is 68.6. The number of nitrogens with zero attached hydrogens (tertiary/aromatic N) is 9. The van der Waals surface area contributed by atoms with Crippen LogP contribution in [0.15, 0.2) is 172 Å². The Bertz CT molecular complexity index is 3930. The molecule has 0 saturated heterocycles. The molecule has 0 unspecified atom stereocenters. The van der Waals surface area contributed by atoms with Crippen LogP contribution in [0.5, 0.6) is 0 Å². The third kappa shape index (κ3) is 31.6. The van der Waals surface area contributed by atoms with E-state index >= 15 is 0 Å². The molecule has 492 valence electrons. The number of benzene rings is 4. The molecule has 0 atom stereocenters. The number of aliphatic hydroxyl groups is 1. The number of hydrogen-bond donors (Lipinski definition) is 2. The summed E-state index contributed by atoms with van der Waals surface area (Å²) in [7, 11) is 0. The van der Waals surface area contributed by atoms with Crippen molar-refractivity contribution in [3.8, 4) is 0 Å². The number of H-pyrrole nitrogens is 1. The molecule has 5 heterocycles. The molecule has 0 saturated carbocycles. The number of aromatic nitrogens is 1. The Morgan fingerprint density at radius 1 is 0.505 bits per heavy atom. The van der Waals surface area contributed by atoms with Crippen molar-refractivity contribution in [1.82, 2.24) is 4.98 Å². The smallest absolute Gasteiger partial charge is 1.00 e. The van der Waals surface area contributed by atoms with Crippen LogP contribution in [-0.4, -0.2) is 79.8 Å². The number of thiophene rings is 4. The van der Waals surface area contributed by atoms with Crippen LogP contribution in [0.3, 0.4) is 0 Å². The Kier molecular flexibility index (Phi) is 39.8. The van der Waals surface area contributed by atoms with Crippen LogP contribution in [0.1, 0.15) is 108 Å². The number of azide groups is 3. The van der Waals surface area contributed by atoms with Crippen LogP contribution in [0.4, 0.5) is 0 Å². The van der Waals surface area contributed by atoms with E-state index in [0.29, 0.717) is 29.0 Å². The van der Waals surface area contributed by atoms with Gasteiger partial charge in [0.2, 0.25) is 0 Å². The zero-order valence-electron chi connectivity index (χ0n) is 53.5. The van der Waals surface area contributed by atoms with Crippen molar-refractivity contribution in [2.24, 2.45) is 15.3 Å². The standard InChI is InChI=1S/2C16H14ClN3O2S.C16H14ClNO2S.C12H9ClOS.C4H7N3O2.C2H6O.Na.H/c2*1-2-22-16(21)15(19-20-18)10-14-8-7-13(23-14)9-11-3-5-12(17)6-4-11;1-2-20-16(19)14-9-15-13(18-14)8-12(21-15)7-10-3-5-11(17)6-4-10;13-10-3-1-9(2-4-10)7-11-5-6-12(8-14)15-11;1-2-9-4(8)3-6-7-5;1-2-3;;/h2*3-8,10H,2,9H2,1H3;3-6,8-9,18H,2,7H2,1H3;1-6,8H,7H2;2-3H2,1H3;3H,2H2,1H3;;/q;;;;;;+1;-1/b2*15-10-;;;;;;. The van der Waals surface area contributed by atoms with Gasteiger partial charge in [0.1, 0.15) is 23.6 Å². The number of nitrogens with one attached hydrogen (secondary N) is 1. The van der Waals surface area contributed by atoms with Gasteiger partial charge in [-0.1, -0.05) is 110 Å². The molecule has 4 aromatic carbocycles. The van der Waals surface area contributed by atoms with Gasteiger partial charge in [-0.05, 0) is 183 Å². The van der Waals surface area contributed by atoms with Gasteiger partial charge in [0.15, 0.2) is 6.29 Å². The Balaban J connectivity index is 0.000000412. The first kappa shape index (κ1) is 81.5. The van der Waals surface area contributed by atoms with Crippen molar-refractivity contribution in [3.63, 3.8) is 0 Å². The van der Waals surface area contributed by atoms with E-state index in [9.17, 15) is 24.0 Å². The topological polar surface area (TPSA) is 305 Å². The van der Waals surface area contributed by atoms with E-state index in [0.717, 1.165) is 87.7 Å². The Morgan fingerprint density at radius 2 is 0.863 bits per heavy atom. The van der Waals surface area contributed by atoms with Gasteiger partial charge < -0.3 is 30.5 Å². The van der Waals surface area contributed by atoms with Gasteiger partial charge in [0, 0.05) is 96.4 Å². The average Bonchev–Trinajstić information content (AvgIpc) is 1.68. The van der Waals surface area contributed by atoms with Gasteiger partial charge in [0.25, 0.3) is 0 Å². The largest absolute Gasteiger partial charge is 1.00 e. The number of carbonyl (C=O) groups excluding carboxylic acids is 5. The number of aromatic amines is 1. The summed E-state index contributed by atoms with van der Waals surface area (Å²) in [5.74, 6) is -2.05. The molecule has 9 rings (SSSR count). The van der Waals surface area contributed by atoms with E-state index in [4.69, 9.17) is 82.3 Å². The van der Waals surface area contributed by atoms with Crippen molar-refractivity contribution in [2.75, 3.05) is 39.6 Å². The minimum Gasteiger partial charge on any atom is -1.00 e. The molecule has 29 heteroatoms. The second kappa shape index (κ2) is 46.4. The molecule has 0 aliphatic heterocycles. The summed E-state index contributed by atoms with van der Waals surface area (Å²) in [5.41, 5.74) is 31.0. The van der Waals surface area contributed by atoms with Crippen molar-refractivity contribution < 1.29 is 79.0 Å². The number of esters is 4. The molecule has 0 fully saturated rings. The minimum absolute atomic E-state index is 0. The van der Waals surface area contributed by atoms with E-state index in [1.807, 2.05) is 140 Å². The fourth-order valence-corrected chi connectivity index (χ4v) is 12.0. The molecule has 0 aliphatic carbocycles. The van der Waals surface area contributed by atoms with E-state index in [2.05, 4.69) is 45.9 Å².